The second-order valence-electron chi connectivity index (χ2n) is 21.1. The van der Waals surface area contributed by atoms with Crippen LogP contribution in [0.1, 0.15) is 70.8 Å². The number of benzene rings is 11. The third-order valence-corrected chi connectivity index (χ3v) is 16.1. The average molecular weight is 961 g/mol. The smallest absolute Gasteiger partial charge is 0.252 e. The van der Waals surface area contributed by atoms with Crippen LogP contribution in [-0.2, 0) is 16.2 Å². The Bertz CT molecular complexity index is 3610. The first kappa shape index (κ1) is 45.9. The number of hydrogen-bond donors (Lipinski definition) is 0. The minimum absolute atomic E-state index is 0.0548. The van der Waals surface area contributed by atoms with Gasteiger partial charge in [-0.1, -0.05) is 276 Å². The molecule has 0 aliphatic carbocycles. The molecule has 13 rings (SSSR count). The van der Waals surface area contributed by atoms with Crippen molar-refractivity contribution in [1.82, 2.24) is 0 Å². The summed E-state index contributed by atoms with van der Waals surface area (Å²) in [7, 11) is 0. The molecule has 0 bridgehead atoms. The van der Waals surface area contributed by atoms with Crippen molar-refractivity contribution in [1.29, 1.82) is 0 Å². The van der Waals surface area contributed by atoms with Crippen molar-refractivity contribution in [2.75, 3.05) is 9.80 Å². The Morgan fingerprint density at radius 1 is 0.253 bits per heavy atom. The van der Waals surface area contributed by atoms with Crippen LogP contribution in [-0.4, -0.2) is 6.71 Å². The zero-order valence-electron chi connectivity index (χ0n) is 42.7. The zero-order valence-corrected chi connectivity index (χ0v) is 42.7. The Labute approximate surface area is 443 Å². The summed E-state index contributed by atoms with van der Waals surface area (Å²) >= 11 is 0. The summed E-state index contributed by atoms with van der Waals surface area (Å²) in [5.41, 5.74) is 20.3. The maximum Gasteiger partial charge on any atom is 0.252 e. The summed E-state index contributed by atoms with van der Waals surface area (Å²) in [5.74, 6) is 0. The normalized spacial score (nSPS) is 12.9. The largest absolute Gasteiger partial charge is 0.311 e. The fraction of sp³-hybridized carbons (Fsp3) is 0.0833. The molecular formula is C72H57BN2. The predicted molar refractivity (Wildman–Crippen MR) is 316 cm³/mol. The van der Waals surface area contributed by atoms with Crippen LogP contribution < -0.4 is 26.2 Å². The Hall–Kier alpha value is -8.92. The van der Waals surface area contributed by atoms with Crippen LogP contribution in [0.25, 0.3) is 0 Å². The van der Waals surface area contributed by atoms with Gasteiger partial charge in [-0.25, -0.2) is 0 Å². The molecule has 2 aliphatic heterocycles. The maximum absolute atomic E-state index is 2.61. The van der Waals surface area contributed by atoms with Gasteiger partial charge in [0, 0.05) is 22.7 Å². The monoisotopic (exact) mass is 960 g/mol. The summed E-state index contributed by atoms with van der Waals surface area (Å²) in [5, 5.41) is 0. The molecule has 11 aromatic rings. The molecule has 0 atom stereocenters. The maximum atomic E-state index is 2.61. The Kier molecular flexibility index (Phi) is 11.3. The lowest BCUT2D eigenvalue weighted by atomic mass is 9.33. The minimum Gasteiger partial charge on any atom is -0.311 e. The van der Waals surface area contributed by atoms with Gasteiger partial charge in [0.15, 0.2) is 0 Å². The van der Waals surface area contributed by atoms with Crippen molar-refractivity contribution in [3.63, 3.8) is 0 Å². The van der Waals surface area contributed by atoms with Crippen LogP contribution in [0.15, 0.2) is 291 Å². The van der Waals surface area contributed by atoms with Gasteiger partial charge in [0.05, 0.1) is 22.2 Å². The Morgan fingerprint density at radius 2 is 0.560 bits per heavy atom. The second kappa shape index (κ2) is 18.5. The third kappa shape index (κ3) is 7.24. The summed E-state index contributed by atoms with van der Waals surface area (Å²) in [4.78, 5) is 5.20. The lowest BCUT2D eigenvalue weighted by molar-refractivity contribution is 0.591. The molecular weight excluding hydrogens is 904 g/mol. The fourth-order valence-electron chi connectivity index (χ4n) is 12.9. The van der Waals surface area contributed by atoms with Crippen molar-refractivity contribution in [2.45, 2.75) is 37.0 Å². The van der Waals surface area contributed by atoms with E-state index in [1.165, 1.54) is 89.2 Å². The third-order valence-electron chi connectivity index (χ3n) is 16.1. The van der Waals surface area contributed by atoms with E-state index in [2.05, 4.69) is 322 Å². The first-order valence-electron chi connectivity index (χ1n) is 26.4. The number of para-hydroxylation sites is 3. The van der Waals surface area contributed by atoms with Gasteiger partial charge in [0.25, 0.3) is 6.71 Å². The first-order chi connectivity index (χ1) is 36.9. The Balaban J connectivity index is 1.13. The molecule has 2 heterocycles. The van der Waals surface area contributed by atoms with Gasteiger partial charge in [-0.3, -0.25) is 0 Å². The van der Waals surface area contributed by atoms with Crippen LogP contribution in [0.4, 0.5) is 34.1 Å². The lowest BCUT2D eigenvalue weighted by Crippen LogP contribution is -2.61. The molecule has 0 N–H and O–H groups in total. The molecule has 2 aliphatic rings. The van der Waals surface area contributed by atoms with Crippen molar-refractivity contribution < 1.29 is 0 Å². The molecule has 75 heavy (non-hydrogen) atoms. The van der Waals surface area contributed by atoms with Gasteiger partial charge < -0.3 is 9.80 Å². The topological polar surface area (TPSA) is 6.48 Å². The van der Waals surface area contributed by atoms with Crippen LogP contribution >= 0.6 is 0 Å². The highest BCUT2D eigenvalue weighted by Gasteiger charge is 2.48. The van der Waals surface area contributed by atoms with Crippen LogP contribution in [0.3, 0.4) is 0 Å². The number of nitrogens with zero attached hydrogens (tertiary/aromatic N) is 2. The highest BCUT2D eigenvalue weighted by atomic mass is 15.2. The quantitative estimate of drug-likeness (QED) is 0.0995. The molecule has 0 fully saturated rings. The van der Waals surface area contributed by atoms with Crippen molar-refractivity contribution >= 4 is 57.2 Å². The molecule has 11 aromatic carbocycles. The molecule has 0 unspecified atom stereocenters. The van der Waals surface area contributed by atoms with Gasteiger partial charge in [-0.15, -0.1) is 0 Å². The van der Waals surface area contributed by atoms with E-state index in [1.54, 1.807) is 0 Å². The van der Waals surface area contributed by atoms with Crippen molar-refractivity contribution in [3.05, 3.63) is 341 Å². The zero-order chi connectivity index (χ0) is 50.6. The summed E-state index contributed by atoms with van der Waals surface area (Å²) in [6.45, 7) is 6.96. The molecule has 0 saturated carbocycles. The molecule has 2 nitrogen and oxygen atoms in total. The fourth-order valence-corrected chi connectivity index (χ4v) is 12.9. The molecule has 0 radical (unpaired) electrons. The van der Waals surface area contributed by atoms with Crippen molar-refractivity contribution in [3.8, 4) is 0 Å². The SMILES string of the molecule is CC(C)(C)c1ccc2c(c1)B1c3ccccc3N(c3ccccc3C(c3ccccc3)(c3ccccc3)c3ccccc3)c3cccc(c31)N2c1ccccc1C(c1ccccc1)(c1ccccc1)c1ccccc1. The average Bonchev–Trinajstić information content (AvgIpc) is 3.52. The van der Waals surface area contributed by atoms with Crippen LogP contribution in [0.5, 0.6) is 0 Å². The summed E-state index contributed by atoms with van der Waals surface area (Å²) in [6.07, 6.45) is 0. The molecule has 0 spiro atoms. The molecule has 3 heteroatoms. The molecule has 0 aromatic heterocycles. The predicted octanol–water partition coefficient (Wildman–Crippen LogP) is 15.8. The van der Waals surface area contributed by atoms with Crippen LogP contribution in [0, 0.1) is 0 Å². The van der Waals surface area contributed by atoms with E-state index in [0.29, 0.717) is 0 Å². The van der Waals surface area contributed by atoms with E-state index in [1.807, 2.05) is 0 Å². The lowest BCUT2D eigenvalue weighted by Gasteiger charge is -2.47. The summed E-state index contributed by atoms with van der Waals surface area (Å²) < 4.78 is 0. The van der Waals surface area contributed by atoms with Crippen molar-refractivity contribution in [2.24, 2.45) is 0 Å². The number of anilines is 6. The van der Waals surface area contributed by atoms with Gasteiger partial charge in [-0.05, 0) is 108 Å². The van der Waals surface area contributed by atoms with Gasteiger partial charge in [0.2, 0.25) is 0 Å². The standard InChI is InChI=1S/C72H57BN2/c1-70(2,3)58-49-50-66-62(51-58)73-61-43-24-27-46-65(61)74(63-44-25-22-41-59(63)71(52-29-10-4-11-30-52,53-31-12-5-13-32-53)54-33-14-6-15-34-54)67-47-28-48-68(69(67)73)75(66)64-45-26-23-42-60(64)72(55-35-16-7-17-36-55,56-37-18-8-19-38-56)57-39-20-9-21-40-57/h4-51H,1-3H3. The van der Waals surface area contributed by atoms with Gasteiger partial charge >= 0.3 is 0 Å². The van der Waals surface area contributed by atoms with Gasteiger partial charge in [0.1, 0.15) is 0 Å². The van der Waals surface area contributed by atoms with E-state index < -0.39 is 10.8 Å². The van der Waals surface area contributed by atoms with E-state index in [4.69, 9.17) is 0 Å². The summed E-state index contributed by atoms with van der Waals surface area (Å²) in [6, 6.07) is 109. The van der Waals surface area contributed by atoms with Gasteiger partial charge in [-0.2, -0.15) is 0 Å². The van der Waals surface area contributed by atoms with E-state index >= 15 is 0 Å². The van der Waals surface area contributed by atoms with Crippen LogP contribution in [0.2, 0.25) is 0 Å². The number of hydrogen-bond acceptors (Lipinski definition) is 2. The van der Waals surface area contributed by atoms with E-state index in [-0.39, 0.29) is 12.1 Å². The number of fused-ring (bicyclic) bond motifs is 4. The molecule has 358 valence electrons. The second-order valence-corrected chi connectivity index (χ2v) is 21.1. The molecule has 0 saturated heterocycles. The highest BCUT2D eigenvalue weighted by Crippen LogP contribution is 2.54. The Morgan fingerprint density at radius 3 is 0.933 bits per heavy atom. The van der Waals surface area contributed by atoms with E-state index in [0.717, 1.165) is 11.4 Å². The highest BCUT2D eigenvalue weighted by molar-refractivity contribution is 7.00. The first-order valence-corrected chi connectivity index (χ1v) is 26.4. The van der Waals surface area contributed by atoms with E-state index in [9.17, 15) is 0 Å². The molecule has 0 amide bonds. The minimum atomic E-state index is -0.690. The number of rotatable bonds is 10.